The molecule has 1 atom stereocenters. The lowest BCUT2D eigenvalue weighted by molar-refractivity contribution is 0.551. The van der Waals surface area contributed by atoms with Crippen molar-refractivity contribution in [3.63, 3.8) is 0 Å². The summed E-state index contributed by atoms with van der Waals surface area (Å²) in [6.45, 7) is 2.10. The minimum Gasteiger partial charge on any atom is -0.276 e. The van der Waals surface area contributed by atoms with Crippen molar-refractivity contribution in [1.29, 1.82) is 0 Å². The first-order chi connectivity index (χ1) is 14.2. The summed E-state index contributed by atoms with van der Waals surface area (Å²) in [7, 11) is 0. The minimum atomic E-state index is -0.0933. The average Bonchev–Trinajstić information content (AvgIpc) is 3.19. The topological polar surface area (TPSA) is 43.8 Å². The lowest BCUT2D eigenvalue weighted by Gasteiger charge is -2.40. The number of para-hydroxylation sites is 1. The Morgan fingerprint density at radius 1 is 0.931 bits per heavy atom. The number of fused-ring (bicyclic) bond motifs is 1. The summed E-state index contributed by atoms with van der Waals surface area (Å²) < 4.78 is 1.15. The molecule has 3 aromatic carbocycles. The zero-order chi connectivity index (χ0) is 19.8. The molecule has 1 aliphatic rings. The molecule has 1 aliphatic heterocycles. The molecular weight excluding hydrogens is 402 g/mol. The molecule has 0 spiro atoms. The summed E-state index contributed by atoms with van der Waals surface area (Å²) in [6, 6.07) is 26.0. The third kappa shape index (κ3) is 3.41. The van der Waals surface area contributed by atoms with Crippen LogP contribution in [0, 0.1) is 0 Å². The second kappa shape index (κ2) is 7.39. The molecule has 1 aromatic heterocycles. The van der Waals surface area contributed by atoms with Gasteiger partial charge in [-0.2, -0.15) is 5.10 Å². The number of nitrogens with one attached hydrogen (secondary N) is 1. The summed E-state index contributed by atoms with van der Waals surface area (Å²) >= 11 is 7.75. The van der Waals surface area contributed by atoms with Crippen molar-refractivity contribution in [2.45, 2.75) is 13.1 Å². The van der Waals surface area contributed by atoms with Crippen molar-refractivity contribution in [1.82, 2.24) is 10.4 Å². The fourth-order valence-electron chi connectivity index (χ4n) is 3.29. The molecule has 5 rings (SSSR count). The third-order valence-electron chi connectivity index (χ3n) is 4.79. The number of aromatic nitrogens is 1. The largest absolute Gasteiger partial charge is 0.276 e. The molecule has 0 bridgehead atoms. The number of halogens is 1. The van der Waals surface area contributed by atoms with E-state index in [1.54, 1.807) is 11.3 Å². The number of benzene rings is 3. The Labute approximate surface area is 177 Å². The number of anilines is 2. The maximum atomic E-state index is 6.10. The van der Waals surface area contributed by atoms with Gasteiger partial charge in [-0.05, 0) is 43.3 Å². The van der Waals surface area contributed by atoms with E-state index in [9.17, 15) is 0 Å². The van der Waals surface area contributed by atoms with Gasteiger partial charge in [0.1, 0.15) is 6.17 Å². The Balaban J connectivity index is 1.60. The van der Waals surface area contributed by atoms with E-state index in [0.29, 0.717) is 5.02 Å². The summed E-state index contributed by atoms with van der Waals surface area (Å²) in [4.78, 5) is 4.84. The van der Waals surface area contributed by atoms with E-state index in [0.717, 1.165) is 32.4 Å². The number of hydrazone groups is 1. The minimum absolute atomic E-state index is 0.0933. The van der Waals surface area contributed by atoms with Gasteiger partial charge in [0.15, 0.2) is 5.84 Å². The van der Waals surface area contributed by atoms with E-state index in [2.05, 4.69) is 23.4 Å². The maximum Gasteiger partial charge on any atom is 0.207 e. The average molecular weight is 420 g/mol. The standard InChI is InChI=1S/C22H18ClN5S/c1-15-27(18-13-11-17(23)12-14-18)25-21(16-7-3-2-4-8-16)26-28(15)22-24-19-9-5-6-10-20(19)29-22/h2-15H,1H3,(H,25,26). The van der Waals surface area contributed by atoms with E-state index in [1.807, 2.05) is 77.8 Å². The first kappa shape index (κ1) is 18.0. The molecule has 29 heavy (non-hydrogen) atoms. The first-order valence-electron chi connectivity index (χ1n) is 9.29. The SMILES string of the molecule is CC1N(c2ccc(Cl)cc2)N=C(c2ccccc2)NN1c1nc2ccccc2s1. The molecule has 0 fully saturated rings. The summed E-state index contributed by atoms with van der Waals surface area (Å²) in [6.07, 6.45) is -0.0933. The summed E-state index contributed by atoms with van der Waals surface area (Å²) in [5.74, 6) is 0.762. The van der Waals surface area contributed by atoms with Crippen LogP contribution in [-0.4, -0.2) is 17.0 Å². The molecule has 0 aliphatic carbocycles. The van der Waals surface area contributed by atoms with Crippen molar-refractivity contribution < 1.29 is 0 Å². The van der Waals surface area contributed by atoms with Crippen LogP contribution in [0.1, 0.15) is 12.5 Å². The highest BCUT2D eigenvalue weighted by Crippen LogP contribution is 2.32. The van der Waals surface area contributed by atoms with Crippen LogP contribution in [-0.2, 0) is 0 Å². The van der Waals surface area contributed by atoms with Gasteiger partial charge in [0.05, 0.1) is 15.9 Å². The van der Waals surface area contributed by atoms with Crippen molar-refractivity contribution in [3.8, 4) is 0 Å². The van der Waals surface area contributed by atoms with E-state index >= 15 is 0 Å². The zero-order valence-electron chi connectivity index (χ0n) is 15.7. The normalized spacial score (nSPS) is 16.6. The Bertz CT molecular complexity index is 1140. The highest BCUT2D eigenvalue weighted by atomic mass is 35.5. The van der Waals surface area contributed by atoms with Crippen LogP contribution >= 0.6 is 22.9 Å². The van der Waals surface area contributed by atoms with E-state index in [4.69, 9.17) is 21.7 Å². The molecule has 144 valence electrons. The Hall–Kier alpha value is -3.09. The fraction of sp³-hybridized carbons (Fsp3) is 0.0909. The monoisotopic (exact) mass is 419 g/mol. The van der Waals surface area contributed by atoms with Crippen molar-refractivity contribution in [2.75, 3.05) is 10.0 Å². The molecule has 0 radical (unpaired) electrons. The predicted molar refractivity (Wildman–Crippen MR) is 122 cm³/mol. The highest BCUT2D eigenvalue weighted by Gasteiger charge is 2.30. The number of thiazole rings is 1. The number of rotatable bonds is 3. The summed E-state index contributed by atoms with van der Waals surface area (Å²) in [5, 5.41) is 10.5. The van der Waals surface area contributed by atoms with Crippen LogP contribution in [0.3, 0.4) is 0 Å². The van der Waals surface area contributed by atoms with E-state index in [-0.39, 0.29) is 6.17 Å². The van der Waals surface area contributed by atoms with Crippen LogP contribution in [0.15, 0.2) is 84.0 Å². The predicted octanol–water partition coefficient (Wildman–Crippen LogP) is 5.49. The van der Waals surface area contributed by atoms with E-state index < -0.39 is 0 Å². The first-order valence-corrected chi connectivity index (χ1v) is 10.5. The molecule has 1 N–H and O–H groups in total. The van der Waals surface area contributed by atoms with Gasteiger partial charge < -0.3 is 0 Å². The van der Waals surface area contributed by atoms with Crippen LogP contribution in [0.2, 0.25) is 5.02 Å². The molecule has 1 unspecified atom stereocenters. The molecular formula is C22H18ClN5S. The smallest absolute Gasteiger partial charge is 0.207 e. The number of hydrazine groups is 1. The van der Waals surface area contributed by atoms with Gasteiger partial charge in [-0.25, -0.2) is 15.0 Å². The fourth-order valence-corrected chi connectivity index (χ4v) is 4.41. The molecule has 2 heterocycles. The van der Waals surface area contributed by atoms with E-state index in [1.165, 1.54) is 0 Å². The molecule has 0 saturated heterocycles. The molecule has 5 nitrogen and oxygen atoms in total. The number of amidine groups is 1. The van der Waals surface area contributed by atoms with Crippen molar-refractivity contribution in [2.24, 2.45) is 5.10 Å². The lowest BCUT2D eigenvalue weighted by atomic mass is 10.2. The number of hydrogen-bond acceptors (Lipinski definition) is 6. The van der Waals surface area contributed by atoms with Crippen LogP contribution in [0.4, 0.5) is 10.8 Å². The van der Waals surface area contributed by atoms with Crippen molar-refractivity contribution >= 4 is 49.8 Å². The molecule has 4 aromatic rings. The molecule has 7 heteroatoms. The Morgan fingerprint density at radius 2 is 1.66 bits per heavy atom. The van der Waals surface area contributed by atoms with Gasteiger partial charge in [-0.3, -0.25) is 5.43 Å². The van der Waals surface area contributed by atoms with Gasteiger partial charge in [0, 0.05) is 10.6 Å². The second-order valence-electron chi connectivity index (χ2n) is 6.71. The van der Waals surface area contributed by atoms with Crippen LogP contribution < -0.4 is 15.4 Å². The Kier molecular flexibility index (Phi) is 4.58. The molecule has 0 amide bonds. The van der Waals surface area contributed by atoms with Crippen LogP contribution in [0.5, 0.6) is 0 Å². The van der Waals surface area contributed by atoms with Crippen LogP contribution in [0.25, 0.3) is 10.2 Å². The van der Waals surface area contributed by atoms with Gasteiger partial charge in [0.25, 0.3) is 0 Å². The van der Waals surface area contributed by atoms with Gasteiger partial charge in [-0.15, -0.1) is 0 Å². The number of hydrogen-bond donors (Lipinski definition) is 1. The van der Waals surface area contributed by atoms with Crippen molar-refractivity contribution in [3.05, 3.63) is 89.4 Å². The number of nitrogens with zero attached hydrogens (tertiary/aromatic N) is 4. The van der Waals surface area contributed by atoms with Gasteiger partial charge >= 0.3 is 0 Å². The second-order valence-corrected chi connectivity index (χ2v) is 8.16. The Morgan fingerprint density at radius 3 is 2.41 bits per heavy atom. The quantitative estimate of drug-likeness (QED) is 0.477. The lowest BCUT2D eigenvalue weighted by Crippen LogP contribution is -2.58. The summed E-state index contributed by atoms with van der Waals surface area (Å²) in [5.41, 5.74) is 6.43. The zero-order valence-corrected chi connectivity index (χ0v) is 17.2. The third-order valence-corrected chi connectivity index (χ3v) is 6.08. The van der Waals surface area contributed by atoms with Gasteiger partial charge in [0.2, 0.25) is 5.13 Å². The highest BCUT2D eigenvalue weighted by molar-refractivity contribution is 7.22. The molecule has 0 saturated carbocycles. The maximum absolute atomic E-state index is 6.10. The van der Waals surface area contributed by atoms with Gasteiger partial charge in [-0.1, -0.05) is 65.4 Å².